The number of fused-ring (bicyclic) bond motifs is 4. The van der Waals surface area contributed by atoms with Crippen LogP contribution in [0.2, 0.25) is 0 Å². The molecule has 1 N–H and O–H groups in total. The number of allylic oxidation sites excluding steroid dienone is 3. The minimum atomic E-state index is -0.223. The average molecular weight is 415 g/mol. The van der Waals surface area contributed by atoms with Crippen LogP contribution >= 0.6 is 0 Å². The standard InChI is InChI=1S/C26H27FN4/c1-16-14-28-25(30-16)22-4-3-5-23-21(22)11-6-18-12-24-17(13-26(18,23)2)15-29-31(24)20-9-7-19(27)8-10-20/h5,7-10,12,14-15,21-22H,3-4,6,11,13H2,1-2H3,(H,28,30)/t21?,22-,26?/m1/s1. The summed E-state index contributed by atoms with van der Waals surface area (Å²) >= 11 is 0. The highest BCUT2D eigenvalue weighted by Gasteiger charge is 2.47. The first-order valence-corrected chi connectivity index (χ1v) is 11.3. The van der Waals surface area contributed by atoms with Crippen molar-refractivity contribution in [3.05, 3.63) is 82.5 Å². The van der Waals surface area contributed by atoms with E-state index in [2.05, 4.69) is 36.1 Å². The van der Waals surface area contributed by atoms with E-state index < -0.39 is 0 Å². The van der Waals surface area contributed by atoms with Crippen LogP contribution in [0.25, 0.3) is 11.8 Å². The Hall–Kier alpha value is -2.95. The van der Waals surface area contributed by atoms with Crippen molar-refractivity contribution in [2.45, 2.75) is 51.9 Å². The van der Waals surface area contributed by atoms with E-state index in [1.165, 1.54) is 29.7 Å². The van der Waals surface area contributed by atoms with Crippen LogP contribution in [0.4, 0.5) is 4.39 Å². The number of nitrogens with one attached hydrogen (secondary N) is 1. The summed E-state index contributed by atoms with van der Waals surface area (Å²) in [5.41, 5.74) is 7.61. The Balaban J connectivity index is 1.38. The van der Waals surface area contributed by atoms with Gasteiger partial charge < -0.3 is 4.98 Å². The number of nitrogens with zero attached hydrogens (tertiary/aromatic N) is 3. The highest BCUT2D eigenvalue weighted by molar-refractivity contribution is 5.63. The van der Waals surface area contributed by atoms with E-state index in [9.17, 15) is 4.39 Å². The van der Waals surface area contributed by atoms with Crippen LogP contribution < -0.4 is 0 Å². The molecule has 0 saturated heterocycles. The number of aromatic nitrogens is 4. The molecule has 31 heavy (non-hydrogen) atoms. The van der Waals surface area contributed by atoms with E-state index in [1.54, 1.807) is 17.7 Å². The van der Waals surface area contributed by atoms with Gasteiger partial charge in [-0.1, -0.05) is 24.1 Å². The molecule has 4 nitrogen and oxygen atoms in total. The Kier molecular flexibility index (Phi) is 4.11. The number of imidazole rings is 1. The molecular weight excluding hydrogens is 387 g/mol. The highest BCUT2D eigenvalue weighted by Crippen LogP contribution is 2.57. The normalized spacial score (nSPS) is 27.1. The van der Waals surface area contributed by atoms with Crippen LogP contribution in [0, 0.1) is 24.1 Å². The fourth-order valence-electron chi connectivity index (χ4n) is 6.16. The highest BCUT2D eigenvalue weighted by atomic mass is 19.1. The molecule has 1 saturated carbocycles. The summed E-state index contributed by atoms with van der Waals surface area (Å²) in [6, 6.07) is 6.59. The Morgan fingerprint density at radius 2 is 1.97 bits per heavy atom. The minimum absolute atomic E-state index is 0.0485. The summed E-state index contributed by atoms with van der Waals surface area (Å²) in [6.45, 7) is 4.51. The molecule has 2 aromatic heterocycles. The summed E-state index contributed by atoms with van der Waals surface area (Å²) in [5.74, 6) is 1.97. The molecule has 6 rings (SSSR count). The van der Waals surface area contributed by atoms with Gasteiger partial charge in [0.25, 0.3) is 0 Å². The summed E-state index contributed by atoms with van der Waals surface area (Å²) in [5, 5.41) is 4.67. The van der Waals surface area contributed by atoms with Crippen LogP contribution in [-0.4, -0.2) is 19.7 Å². The number of hydrogen-bond donors (Lipinski definition) is 1. The van der Waals surface area contributed by atoms with Crippen LogP contribution in [0.15, 0.2) is 53.9 Å². The van der Waals surface area contributed by atoms with Gasteiger partial charge in [-0.05, 0) is 80.9 Å². The zero-order valence-corrected chi connectivity index (χ0v) is 18.0. The predicted octanol–water partition coefficient (Wildman–Crippen LogP) is 5.90. The maximum atomic E-state index is 13.4. The van der Waals surface area contributed by atoms with Gasteiger partial charge in [-0.3, -0.25) is 0 Å². The lowest BCUT2D eigenvalue weighted by molar-refractivity contribution is 0.276. The SMILES string of the molecule is Cc1cnc([C@@H]2CCC=C3C2CCC2=Cc4c(cnn4-c4ccc(F)cc4)CC23C)[nH]1. The fraction of sp³-hybridized carbons (Fsp3) is 0.385. The third-order valence-electron chi connectivity index (χ3n) is 7.68. The second-order valence-corrected chi connectivity index (χ2v) is 9.56. The molecule has 0 amide bonds. The Labute approximate surface area is 181 Å². The fourth-order valence-corrected chi connectivity index (χ4v) is 6.16. The van der Waals surface area contributed by atoms with Crippen molar-refractivity contribution in [3.63, 3.8) is 0 Å². The molecule has 0 spiro atoms. The molecule has 2 heterocycles. The molecular formula is C26H27FN4. The van der Waals surface area contributed by atoms with Gasteiger partial charge in [0.2, 0.25) is 0 Å². The van der Waals surface area contributed by atoms with Gasteiger partial charge in [0.1, 0.15) is 11.6 Å². The first-order valence-electron chi connectivity index (χ1n) is 11.3. The summed E-state index contributed by atoms with van der Waals surface area (Å²) in [6.07, 6.45) is 14.3. The van der Waals surface area contributed by atoms with Gasteiger partial charge in [-0.2, -0.15) is 5.10 Å². The third-order valence-corrected chi connectivity index (χ3v) is 7.68. The quantitative estimate of drug-likeness (QED) is 0.531. The lowest BCUT2D eigenvalue weighted by Gasteiger charge is -2.49. The monoisotopic (exact) mass is 414 g/mol. The number of halogens is 1. The topological polar surface area (TPSA) is 46.5 Å². The van der Waals surface area contributed by atoms with E-state index in [1.807, 2.05) is 17.1 Å². The largest absolute Gasteiger partial charge is 0.346 e. The number of H-pyrrole nitrogens is 1. The number of hydrogen-bond acceptors (Lipinski definition) is 2. The molecule has 3 atom stereocenters. The lowest BCUT2D eigenvalue weighted by atomic mass is 9.55. The van der Waals surface area contributed by atoms with E-state index in [4.69, 9.17) is 4.98 Å². The Morgan fingerprint density at radius 3 is 2.74 bits per heavy atom. The Morgan fingerprint density at radius 1 is 1.13 bits per heavy atom. The smallest absolute Gasteiger partial charge is 0.123 e. The summed E-state index contributed by atoms with van der Waals surface area (Å²) in [7, 11) is 0. The van der Waals surface area contributed by atoms with Crippen LogP contribution in [0.1, 0.15) is 61.3 Å². The van der Waals surface area contributed by atoms with Crippen molar-refractivity contribution in [2.24, 2.45) is 11.3 Å². The molecule has 5 heteroatoms. The molecule has 1 fully saturated rings. The van der Waals surface area contributed by atoms with Gasteiger partial charge in [0.05, 0.1) is 17.6 Å². The molecule has 0 bridgehead atoms. The number of aromatic amines is 1. The second-order valence-electron chi connectivity index (χ2n) is 9.56. The number of aryl methyl sites for hydroxylation is 1. The van der Waals surface area contributed by atoms with Crippen molar-refractivity contribution < 1.29 is 4.39 Å². The average Bonchev–Trinajstić information content (AvgIpc) is 3.38. The molecule has 2 unspecified atom stereocenters. The van der Waals surface area contributed by atoms with Gasteiger partial charge in [0.15, 0.2) is 0 Å². The van der Waals surface area contributed by atoms with Gasteiger partial charge in [-0.25, -0.2) is 14.1 Å². The molecule has 1 aromatic carbocycles. The van der Waals surface area contributed by atoms with E-state index in [-0.39, 0.29) is 11.2 Å². The first kappa shape index (κ1) is 18.8. The molecule has 3 aliphatic rings. The molecule has 0 aliphatic heterocycles. The molecule has 0 radical (unpaired) electrons. The second kappa shape index (κ2) is 6.78. The van der Waals surface area contributed by atoms with Crippen LogP contribution in [-0.2, 0) is 6.42 Å². The number of rotatable bonds is 2. The van der Waals surface area contributed by atoms with Gasteiger partial charge >= 0.3 is 0 Å². The van der Waals surface area contributed by atoms with Crippen LogP contribution in [0.3, 0.4) is 0 Å². The molecule has 3 aromatic rings. The lowest BCUT2D eigenvalue weighted by Crippen LogP contribution is -2.39. The summed E-state index contributed by atoms with van der Waals surface area (Å²) in [4.78, 5) is 8.21. The van der Waals surface area contributed by atoms with Crippen LogP contribution in [0.5, 0.6) is 0 Å². The Bertz CT molecular complexity index is 1210. The molecule has 158 valence electrons. The van der Waals surface area contributed by atoms with Gasteiger partial charge in [0, 0.05) is 23.2 Å². The zero-order chi connectivity index (χ0) is 21.2. The van der Waals surface area contributed by atoms with E-state index in [0.29, 0.717) is 11.8 Å². The van der Waals surface area contributed by atoms with E-state index in [0.717, 1.165) is 48.6 Å². The summed E-state index contributed by atoms with van der Waals surface area (Å²) < 4.78 is 15.4. The van der Waals surface area contributed by atoms with Crippen molar-refractivity contribution >= 4 is 6.08 Å². The van der Waals surface area contributed by atoms with Crippen molar-refractivity contribution in [1.29, 1.82) is 0 Å². The van der Waals surface area contributed by atoms with Crippen molar-refractivity contribution in [3.8, 4) is 5.69 Å². The maximum Gasteiger partial charge on any atom is 0.123 e. The zero-order valence-electron chi connectivity index (χ0n) is 18.0. The predicted molar refractivity (Wildman–Crippen MR) is 119 cm³/mol. The van der Waals surface area contributed by atoms with E-state index >= 15 is 0 Å². The van der Waals surface area contributed by atoms with Crippen molar-refractivity contribution in [2.75, 3.05) is 0 Å². The van der Waals surface area contributed by atoms with Crippen molar-refractivity contribution in [1.82, 2.24) is 19.7 Å². The number of benzene rings is 1. The van der Waals surface area contributed by atoms with Gasteiger partial charge in [-0.15, -0.1) is 0 Å². The third kappa shape index (κ3) is 2.86. The first-order chi connectivity index (χ1) is 15.0. The molecule has 3 aliphatic carbocycles. The minimum Gasteiger partial charge on any atom is -0.346 e. The maximum absolute atomic E-state index is 13.4.